The van der Waals surface area contributed by atoms with Gasteiger partial charge in [0.15, 0.2) is 0 Å². The standard InChI is InChI=1S/C17H14N2.C2H6/c1-11-6-5-8-13-16(11)18-14-10-12-7-3-4-9-15(12)19(2)17(13)14;1-2/h3-10H,1-2H3;1-2H3/p+1. The molecule has 2 aromatic heterocycles. The van der Waals surface area contributed by atoms with Crippen LogP contribution in [0.5, 0.6) is 0 Å². The predicted molar refractivity (Wildman–Crippen MR) is 90.6 cm³/mol. The van der Waals surface area contributed by atoms with E-state index in [0.29, 0.717) is 0 Å². The third kappa shape index (κ3) is 1.99. The van der Waals surface area contributed by atoms with Gasteiger partial charge in [-0.05, 0) is 30.7 Å². The molecule has 0 saturated heterocycles. The maximum atomic E-state index is 3.56. The molecule has 2 heteroatoms. The second kappa shape index (κ2) is 5.21. The van der Waals surface area contributed by atoms with E-state index in [0.717, 1.165) is 0 Å². The van der Waals surface area contributed by atoms with E-state index in [1.807, 2.05) is 13.8 Å². The monoisotopic (exact) mass is 277 g/mol. The third-order valence-corrected chi connectivity index (χ3v) is 3.98. The lowest BCUT2D eigenvalue weighted by Crippen LogP contribution is -2.29. The Morgan fingerprint density at radius 3 is 2.52 bits per heavy atom. The molecule has 21 heavy (non-hydrogen) atoms. The Hall–Kier alpha value is -2.35. The molecule has 0 radical (unpaired) electrons. The van der Waals surface area contributed by atoms with Gasteiger partial charge in [0.1, 0.15) is 12.6 Å². The Morgan fingerprint density at radius 2 is 1.71 bits per heavy atom. The first-order chi connectivity index (χ1) is 10.3. The maximum Gasteiger partial charge on any atom is 0.238 e. The summed E-state index contributed by atoms with van der Waals surface area (Å²) < 4.78 is 2.28. The first kappa shape index (κ1) is 13.6. The lowest BCUT2D eigenvalue weighted by Gasteiger charge is -1.98. The van der Waals surface area contributed by atoms with Gasteiger partial charge in [0.05, 0.1) is 10.9 Å². The fourth-order valence-corrected chi connectivity index (χ4v) is 3.03. The van der Waals surface area contributed by atoms with Crippen LogP contribution in [-0.2, 0) is 7.05 Å². The Morgan fingerprint density at radius 1 is 0.952 bits per heavy atom. The third-order valence-electron chi connectivity index (χ3n) is 3.98. The summed E-state index contributed by atoms with van der Waals surface area (Å²) in [7, 11) is 2.14. The molecule has 0 unspecified atom stereocenters. The second-order valence-corrected chi connectivity index (χ2v) is 5.15. The summed E-state index contributed by atoms with van der Waals surface area (Å²) in [6, 6.07) is 17.2. The first-order valence-electron chi connectivity index (χ1n) is 7.54. The van der Waals surface area contributed by atoms with E-state index in [9.17, 15) is 0 Å². The van der Waals surface area contributed by atoms with Crippen molar-refractivity contribution in [1.82, 2.24) is 4.98 Å². The van der Waals surface area contributed by atoms with Crippen LogP contribution in [0.3, 0.4) is 0 Å². The lowest BCUT2D eigenvalue weighted by molar-refractivity contribution is -0.616. The number of nitrogens with zero attached hydrogens (tertiary/aromatic N) is 1. The molecule has 2 aromatic carbocycles. The van der Waals surface area contributed by atoms with Crippen LogP contribution in [-0.4, -0.2) is 4.98 Å². The maximum absolute atomic E-state index is 3.56. The van der Waals surface area contributed by atoms with E-state index in [1.54, 1.807) is 0 Å². The molecule has 0 aliphatic carbocycles. The van der Waals surface area contributed by atoms with E-state index in [4.69, 9.17) is 0 Å². The minimum absolute atomic E-state index is 1.20. The van der Waals surface area contributed by atoms with Gasteiger partial charge in [0.25, 0.3) is 0 Å². The highest BCUT2D eigenvalue weighted by molar-refractivity contribution is 6.06. The number of fused-ring (bicyclic) bond motifs is 4. The highest BCUT2D eigenvalue weighted by Gasteiger charge is 2.17. The van der Waals surface area contributed by atoms with E-state index < -0.39 is 0 Å². The number of rotatable bonds is 0. The highest BCUT2D eigenvalue weighted by Crippen LogP contribution is 2.27. The number of benzene rings is 2. The van der Waals surface area contributed by atoms with Gasteiger partial charge < -0.3 is 4.98 Å². The van der Waals surface area contributed by atoms with Crippen LogP contribution in [0.4, 0.5) is 0 Å². The van der Waals surface area contributed by atoms with E-state index in [2.05, 4.69) is 72.1 Å². The summed E-state index contributed by atoms with van der Waals surface area (Å²) in [5.41, 5.74) is 6.27. The summed E-state index contributed by atoms with van der Waals surface area (Å²) in [5, 5.41) is 2.56. The average Bonchev–Trinajstić information content (AvgIpc) is 2.90. The van der Waals surface area contributed by atoms with Crippen LogP contribution < -0.4 is 4.57 Å². The minimum atomic E-state index is 1.20. The first-order valence-corrected chi connectivity index (χ1v) is 7.54. The predicted octanol–water partition coefficient (Wildman–Crippen LogP) is 4.63. The number of aromatic nitrogens is 2. The molecule has 0 aliphatic heterocycles. The molecule has 0 aliphatic rings. The van der Waals surface area contributed by atoms with E-state index >= 15 is 0 Å². The number of aromatic amines is 1. The van der Waals surface area contributed by atoms with Gasteiger partial charge in [-0.2, -0.15) is 4.57 Å². The normalized spacial score (nSPS) is 10.9. The number of pyridine rings is 1. The van der Waals surface area contributed by atoms with Gasteiger partial charge in [-0.3, -0.25) is 0 Å². The van der Waals surface area contributed by atoms with Gasteiger partial charge in [0, 0.05) is 11.5 Å². The summed E-state index contributed by atoms with van der Waals surface area (Å²) in [6.07, 6.45) is 0. The lowest BCUT2D eigenvalue weighted by atomic mass is 10.1. The summed E-state index contributed by atoms with van der Waals surface area (Å²) in [6.45, 7) is 6.15. The van der Waals surface area contributed by atoms with Gasteiger partial charge in [0.2, 0.25) is 11.0 Å². The quantitative estimate of drug-likeness (QED) is 0.452. The second-order valence-electron chi connectivity index (χ2n) is 5.15. The van der Waals surface area contributed by atoms with Crippen LogP contribution in [0.1, 0.15) is 19.4 Å². The van der Waals surface area contributed by atoms with Gasteiger partial charge in [-0.15, -0.1) is 0 Å². The zero-order chi connectivity index (χ0) is 15.0. The molecule has 2 nitrogen and oxygen atoms in total. The van der Waals surface area contributed by atoms with E-state index in [1.165, 1.54) is 38.4 Å². The van der Waals surface area contributed by atoms with E-state index in [-0.39, 0.29) is 0 Å². The van der Waals surface area contributed by atoms with Crippen LogP contribution in [0, 0.1) is 6.92 Å². The average molecular weight is 277 g/mol. The minimum Gasteiger partial charge on any atom is -0.349 e. The van der Waals surface area contributed by atoms with Crippen molar-refractivity contribution in [1.29, 1.82) is 0 Å². The number of para-hydroxylation sites is 2. The molecular weight excluding hydrogens is 256 g/mol. The molecule has 0 fully saturated rings. The van der Waals surface area contributed by atoms with Crippen molar-refractivity contribution in [3.05, 3.63) is 54.1 Å². The number of H-pyrrole nitrogens is 1. The van der Waals surface area contributed by atoms with Crippen molar-refractivity contribution in [2.75, 3.05) is 0 Å². The fraction of sp³-hybridized carbons (Fsp3) is 0.211. The molecule has 1 N–H and O–H groups in total. The number of hydrogen-bond acceptors (Lipinski definition) is 0. The van der Waals surface area contributed by atoms with Crippen LogP contribution in [0.2, 0.25) is 0 Å². The van der Waals surface area contributed by atoms with Crippen molar-refractivity contribution in [2.24, 2.45) is 7.05 Å². The fourth-order valence-electron chi connectivity index (χ4n) is 3.03. The van der Waals surface area contributed by atoms with Crippen molar-refractivity contribution < 1.29 is 4.57 Å². The SMILES string of the molecule is CC.Cc1cccc2c1[nH]c1cc3ccccc3[n+](C)c12. The van der Waals surface area contributed by atoms with Crippen LogP contribution in [0.25, 0.3) is 32.8 Å². The van der Waals surface area contributed by atoms with Crippen LogP contribution in [0.15, 0.2) is 48.5 Å². The Labute approximate surface area is 125 Å². The zero-order valence-electron chi connectivity index (χ0n) is 13.1. The Bertz CT molecular complexity index is 932. The molecule has 106 valence electrons. The molecular formula is C19H21N2+. The molecule has 0 atom stereocenters. The largest absolute Gasteiger partial charge is 0.349 e. The number of hydrogen-bond donors (Lipinski definition) is 1. The van der Waals surface area contributed by atoms with Crippen molar-refractivity contribution in [3.63, 3.8) is 0 Å². The van der Waals surface area contributed by atoms with Gasteiger partial charge in [-0.1, -0.05) is 38.1 Å². The molecule has 4 aromatic rings. The molecule has 0 spiro atoms. The molecule has 2 heterocycles. The Balaban J connectivity index is 0.000000636. The van der Waals surface area contributed by atoms with Crippen molar-refractivity contribution in [3.8, 4) is 0 Å². The molecule has 4 rings (SSSR count). The van der Waals surface area contributed by atoms with Crippen LogP contribution >= 0.6 is 0 Å². The molecule has 0 bridgehead atoms. The highest BCUT2D eigenvalue weighted by atomic mass is 15.0. The van der Waals surface area contributed by atoms with Crippen molar-refractivity contribution >= 4 is 32.8 Å². The topological polar surface area (TPSA) is 19.7 Å². The summed E-state index contributed by atoms with van der Waals surface area (Å²) >= 11 is 0. The number of aryl methyl sites for hydroxylation is 2. The molecule has 0 saturated carbocycles. The Kier molecular flexibility index (Phi) is 3.38. The van der Waals surface area contributed by atoms with Gasteiger partial charge in [-0.25, -0.2) is 0 Å². The van der Waals surface area contributed by atoms with Gasteiger partial charge >= 0.3 is 0 Å². The zero-order valence-corrected chi connectivity index (χ0v) is 13.1. The summed E-state index contributed by atoms with van der Waals surface area (Å²) in [4.78, 5) is 3.56. The summed E-state index contributed by atoms with van der Waals surface area (Å²) in [5.74, 6) is 0. The van der Waals surface area contributed by atoms with Crippen molar-refractivity contribution in [2.45, 2.75) is 20.8 Å². The number of nitrogens with one attached hydrogen (secondary N) is 1. The molecule has 0 amide bonds. The smallest absolute Gasteiger partial charge is 0.238 e.